The van der Waals surface area contributed by atoms with E-state index >= 15 is 0 Å². The number of rotatable bonds is 5. The molecular weight excluding hydrogens is 380 g/mol. The van der Waals surface area contributed by atoms with Gasteiger partial charge in [0.15, 0.2) is 5.96 Å². The van der Waals surface area contributed by atoms with Crippen molar-refractivity contribution in [2.45, 2.75) is 38.8 Å². The molecule has 0 spiro atoms. The summed E-state index contributed by atoms with van der Waals surface area (Å²) in [6, 6.07) is 12.2. The van der Waals surface area contributed by atoms with Gasteiger partial charge in [0.05, 0.1) is 11.6 Å². The first kappa shape index (κ1) is 21.7. The molecule has 30 heavy (non-hydrogen) atoms. The molecule has 1 aliphatic rings. The zero-order chi connectivity index (χ0) is 21.6. The van der Waals surface area contributed by atoms with Gasteiger partial charge in [-0.3, -0.25) is 4.99 Å². The quantitative estimate of drug-likeness (QED) is 0.397. The maximum Gasteiger partial charge on any atom is 0.407 e. The molecule has 1 unspecified atom stereocenters. The first-order chi connectivity index (χ1) is 14.3. The van der Waals surface area contributed by atoms with E-state index in [2.05, 4.69) is 43.0 Å². The van der Waals surface area contributed by atoms with Crippen molar-refractivity contribution in [3.63, 3.8) is 0 Å². The Morgan fingerprint density at radius 2 is 2.03 bits per heavy atom. The largest absolute Gasteiger partial charge is 0.444 e. The second-order valence-electron chi connectivity index (χ2n) is 8.37. The Bertz CT molecular complexity index is 893. The Labute approximate surface area is 178 Å². The topological polar surface area (TPSA) is 90.9 Å². The van der Waals surface area contributed by atoms with E-state index in [1.165, 1.54) is 0 Å². The molecule has 1 amide bonds. The predicted molar refractivity (Wildman–Crippen MR) is 121 cm³/mol. The van der Waals surface area contributed by atoms with E-state index in [0.717, 1.165) is 42.2 Å². The van der Waals surface area contributed by atoms with Gasteiger partial charge in [0.25, 0.3) is 0 Å². The normalized spacial score (nSPS) is 17.1. The van der Waals surface area contributed by atoms with Crippen LogP contribution in [-0.4, -0.2) is 66.8 Å². The van der Waals surface area contributed by atoms with Gasteiger partial charge >= 0.3 is 6.09 Å². The number of aliphatic imine (C=N–C) groups is 1. The first-order valence-electron chi connectivity index (χ1n) is 10.4. The molecule has 0 saturated carbocycles. The number of fused-ring (bicyclic) bond motifs is 1. The highest BCUT2D eigenvalue weighted by Crippen LogP contribution is 2.14. The summed E-state index contributed by atoms with van der Waals surface area (Å²) in [7, 11) is 1.77. The van der Waals surface area contributed by atoms with E-state index in [0.29, 0.717) is 13.1 Å². The highest BCUT2D eigenvalue weighted by Gasteiger charge is 2.27. The van der Waals surface area contributed by atoms with E-state index < -0.39 is 5.60 Å². The summed E-state index contributed by atoms with van der Waals surface area (Å²) in [4.78, 5) is 23.1. The number of hydrogen-bond acceptors (Lipinski definition) is 5. The van der Waals surface area contributed by atoms with Gasteiger partial charge in [-0.25, -0.2) is 9.78 Å². The van der Waals surface area contributed by atoms with Crippen LogP contribution in [0.15, 0.2) is 41.4 Å². The van der Waals surface area contributed by atoms with Crippen LogP contribution in [0.3, 0.4) is 0 Å². The molecule has 0 bridgehead atoms. The molecule has 0 aliphatic carbocycles. The smallest absolute Gasteiger partial charge is 0.407 e. The van der Waals surface area contributed by atoms with Gasteiger partial charge < -0.3 is 25.6 Å². The fraction of sp³-hybridized carbons (Fsp3) is 0.500. The minimum Gasteiger partial charge on any atom is -0.444 e. The van der Waals surface area contributed by atoms with Gasteiger partial charge in [-0.1, -0.05) is 18.2 Å². The van der Waals surface area contributed by atoms with Crippen LogP contribution in [0.25, 0.3) is 10.9 Å². The number of nitrogens with one attached hydrogen (secondary N) is 3. The fourth-order valence-electron chi connectivity index (χ4n) is 3.41. The van der Waals surface area contributed by atoms with Crippen LogP contribution in [0.1, 0.15) is 27.2 Å². The maximum absolute atomic E-state index is 12.0. The van der Waals surface area contributed by atoms with Crippen molar-refractivity contribution in [2.24, 2.45) is 4.99 Å². The number of benzene rings is 1. The van der Waals surface area contributed by atoms with Crippen LogP contribution in [0.5, 0.6) is 0 Å². The summed E-state index contributed by atoms with van der Waals surface area (Å²) in [5, 5.41) is 10.8. The third-order valence-corrected chi connectivity index (χ3v) is 4.73. The summed E-state index contributed by atoms with van der Waals surface area (Å²) < 4.78 is 5.34. The number of alkyl carbamates (subject to hydrolysis) is 1. The lowest BCUT2D eigenvalue weighted by Gasteiger charge is -2.23. The number of guanidine groups is 1. The van der Waals surface area contributed by atoms with Crippen molar-refractivity contribution in [3.8, 4) is 0 Å². The number of para-hydroxylation sites is 1. The molecule has 1 aromatic heterocycles. The average Bonchev–Trinajstić information content (AvgIpc) is 3.14. The molecule has 1 saturated heterocycles. The molecule has 3 rings (SSSR count). The monoisotopic (exact) mass is 412 g/mol. The zero-order valence-corrected chi connectivity index (χ0v) is 18.2. The summed E-state index contributed by atoms with van der Waals surface area (Å²) in [6.45, 7) is 8.56. The summed E-state index contributed by atoms with van der Waals surface area (Å²) in [5.41, 5.74) is 0.485. The van der Waals surface area contributed by atoms with Crippen LogP contribution in [0.2, 0.25) is 0 Å². The molecule has 2 aromatic rings. The highest BCUT2D eigenvalue weighted by molar-refractivity contribution is 5.81. The average molecular weight is 413 g/mol. The molecule has 162 valence electrons. The summed E-state index contributed by atoms with van der Waals surface area (Å²) >= 11 is 0. The highest BCUT2D eigenvalue weighted by atomic mass is 16.6. The zero-order valence-electron chi connectivity index (χ0n) is 18.2. The Kier molecular flexibility index (Phi) is 6.97. The van der Waals surface area contributed by atoms with Crippen molar-refractivity contribution < 1.29 is 9.53 Å². The molecule has 1 aromatic carbocycles. The molecule has 0 radical (unpaired) electrons. The predicted octanol–water partition coefficient (Wildman–Crippen LogP) is 2.82. The van der Waals surface area contributed by atoms with Crippen LogP contribution >= 0.6 is 0 Å². The van der Waals surface area contributed by atoms with Crippen LogP contribution in [0.4, 0.5) is 10.6 Å². The number of likely N-dealkylation sites (tertiary alicyclic amines) is 1. The van der Waals surface area contributed by atoms with Crippen molar-refractivity contribution in [3.05, 3.63) is 36.4 Å². The molecule has 3 N–H and O–H groups in total. The molecule has 2 heterocycles. The summed E-state index contributed by atoms with van der Waals surface area (Å²) in [5.74, 6) is 1.69. The number of aromatic nitrogens is 1. The molecule has 1 aliphatic heterocycles. The minimum atomic E-state index is -0.493. The molecule has 8 heteroatoms. The van der Waals surface area contributed by atoms with Crippen molar-refractivity contribution in [1.29, 1.82) is 0 Å². The number of amides is 1. The Hall–Kier alpha value is -3.03. The van der Waals surface area contributed by atoms with Gasteiger partial charge in [0, 0.05) is 38.6 Å². The second-order valence-corrected chi connectivity index (χ2v) is 8.37. The maximum atomic E-state index is 12.0. The van der Waals surface area contributed by atoms with Crippen molar-refractivity contribution in [2.75, 3.05) is 38.5 Å². The number of anilines is 1. The van der Waals surface area contributed by atoms with Gasteiger partial charge in [-0.05, 0) is 45.4 Å². The van der Waals surface area contributed by atoms with E-state index in [4.69, 9.17) is 4.74 Å². The van der Waals surface area contributed by atoms with Crippen LogP contribution in [0, 0.1) is 0 Å². The first-order valence-corrected chi connectivity index (χ1v) is 10.4. The van der Waals surface area contributed by atoms with Gasteiger partial charge in [0.2, 0.25) is 0 Å². The minimum absolute atomic E-state index is 0.0540. The number of pyridine rings is 1. The van der Waals surface area contributed by atoms with Crippen LogP contribution in [-0.2, 0) is 4.74 Å². The number of carbonyl (C=O) groups excluding carboxylic acids is 1. The number of carbonyl (C=O) groups is 1. The lowest BCUT2D eigenvalue weighted by Crippen LogP contribution is -2.45. The molecule has 1 atom stereocenters. The summed E-state index contributed by atoms with van der Waals surface area (Å²) in [6.07, 6.45) is 0.489. The molecule has 1 fully saturated rings. The van der Waals surface area contributed by atoms with E-state index in [1.807, 2.05) is 45.0 Å². The van der Waals surface area contributed by atoms with Gasteiger partial charge in [-0.2, -0.15) is 0 Å². The van der Waals surface area contributed by atoms with Crippen LogP contribution < -0.4 is 16.0 Å². The van der Waals surface area contributed by atoms with Crippen molar-refractivity contribution >= 4 is 28.8 Å². The second kappa shape index (κ2) is 9.65. The van der Waals surface area contributed by atoms with E-state index in [9.17, 15) is 4.79 Å². The SMILES string of the molecule is CN=C(NCCNc1ccc2ccccc2n1)N1CCC(NC(=O)OC(C)(C)C)C1. The van der Waals surface area contributed by atoms with Gasteiger partial charge in [0.1, 0.15) is 11.4 Å². The van der Waals surface area contributed by atoms with E-state index in [1.54, 1.807) is 7.05 Å². The molecular formula is C22H32N6O2. The third kappa shape index (κ3) is 6.23. The third-order valence-electron chi connectivity index (χ3n) is 4.73. The Balaban J connectivity index is 1.41. The Morgan fingerprint density at radius 1 is 1.23 bits per heavy atom. The number of nitrogens with zero attached hydrogens (tertiary/aromatic N) is 3. The van der Waals surface area contributed by atoms with E-state index in [-0.39, 0.29) is 12.1 Å². The standard InChI is InChI=1S/C22H32N6O2/c1-22(2,3)30-21(29)26-17-11-14-28(15-17)20(23-4)25-13-12-24-19-10-9-16-7-5-6-8-18(16)27-19/h5-10,17H,11-15H2,1-4H3,(H,23,25)(H,24,27)(H,26,29). The lowest BCUT2D eigenvalue weighted by atomic mass is 10.2. The Morgan fingerprint density at radius 3 is 2.80 bits per heavy atom. The fourth-order valence-corrected chi connectivity index (χ4v) is 3.41. The number of hydrogen-bond donors (Lipinski definition) is 3. The lowest BCUT2D eigenvalue weighted by molar-refractivity contribution is 0.0507. The van der Waals surface area contributed by atoms with Gasteiger partial charge in [-0.15, -0.1) is 0 Å². The molecule has 8 nitrogen and oxygen atoms in total. The van der Waals surface area contributed by atoms with Crippen molar-refractivity contribution in [1.82, 2.24) is 20.5 Å². The number of ether oxygens (including phenoxy) is 1.